The molecule has 0 saturated carbocycles. The fraction of sp³-hybridized carbons (Fsp3) is 0.838. The first-order valence-corrected chi connectivity index (χ1v) is 18.8. The van der Waals surface area contributed by atoms with E-state index in [0.717, 1.165) is 30.9 Å². The van der Waals surface area contributed by atoms with Crippen LogP contribution in [-0.2, 0) is 51.0 Å². The molecule has 2 saturated heterocycles. The van der Waals surface area contributed by atoms with Gasteiger partial charge in [0.15, 0.2) is 0 Å². The molecule has 0 spiro atoms. The van der Waals surface area contributed by atoms with Gasteiger partial charge in [-0.25, -0.2) is 9.48 Å². The van der Waals surface area contributed by atoms with Gasteiger partial charge >= 0.3 is 6.03 Å². The zero-order valence-corrected chi connectivity index (χ0v) is 32.7. The number of urea groups is 1. The summed E-state index contributed by atoms with van der Waals surface area (Å²) >= 11 is 0. The number of hydrogen-bond donors (Lipinski definition) is 1. The van der Waals surface area contributed by atoms with E-state index in [1.165, 1.54) is 0 Å². The van der Waals surface area contributed by atoms with Gasteiger partial charge in [0.2, 0.25) is 5.91 Å². The number of allylic oxidation sites excluding steroid dienone is 1. The summed E-state index contributed by atoms with van der Waals surface area (Å²) in [6.07, 6.45) is 3.59. The average Bonchev–Trinajstić information content (AvgIpc) is 3.83. The molecule has 1 aromatic heterocycles. The van der Waals surface area contributed by atoms with Crippen molar-refractivity contribution >= 4 is 11.9 Å². The summed E-state index contributed by atoms with van der Waals surface area (Å²) in [5.74, 6) is 0.599. The van der Waals surface area contributed by atoms with Crippen molar-refractivity contribution in [3.05, 3.63) is 24.2 Å². The maximum absolute atomic E-state index is 12.9. The highest BCUT2D eigenvalue weighted by molar-refractivity contribution is 5.84. The lowest BCUT2D eigenvalue weighted by atomic mass is 9.79. The van der Waals surface area contributed by atoms with Gasteiger partial charge in [-0.2, -0.15) is 0 Å². The molecule has 15 heteroatoms. The van der Waals surface area contributed by atoms with Crippen molar-refractivity contribution in [3.63, 3.8) is 0 Å². The Morgan fingerprint density at radius 2 is 1.29 bits per heavy atom. The molecule has 2 aliphatic rings. The number of nitrogens with one attached hydrogen (secondary N) is 1. The summed E-state index contributed by atoms with van der Waals surface area (Å²) in [5.41, 5.74) is 1.70. The van der Waals surface area contributed by atoms with Crippen LogP contribution in [0.5, 0.6) is 0 Å². The molecule has 52 heavy (non-hydrogen) atoms. The first kappa shape index (κ1) is 43.7. The lowest BCUT2D eigenvalue weighted by Crippen LogP contribution is -2.40. The third-order valence-electron chi connectivity index (χ3n) is 9.26. The Balaban J connectivity index is 1.00. The van der Waals surface area contributed by atoms with Crippen molar-refractivity contribution < 1.29 is 42.7 Å². The van der Waals surface area contributed by atoms with Crippen molar-refractivity contribution in [1.29, 1.82) is 0 Å². The van der Waals surface area contributed by atoms with Crippen LogP contribution >= 0.6 is 0 Å². The number of aromatic nitrogens is 3. The fourth-order valence-corrected chi connectivity index (χ4v) is 5.90. The van der Waals surface area contributed by atoms with Gasteiger partial charge in [-0.15, -0.1) is 5.10 Å². The van der Waals surface area contributed by atoms with E-state index in [4.69, 9.17) is 33.2 Å². The van der Waals surface area contributed by atoms with Crippen molar-refractivity contribution in [2.75, 3.05) is 112 Å². The van der Waals surface area contributed by atoms with Crippen LogP contribution in [0.25, 0.3) is 0 Å². The Labute approximate surface area is 310 Å². The molecule has 3 rings (SSSR count). The molecule has 2 atom stereocenters. The normalized spacial score (nSPS) is 18.3. The van der Waals surface area contributed by atoms with Crippen molar-refractivity contribution in [2.24, 2.45) is 22.7 Å². The first-order chi connectivity index (χ1) is 24.9. The zero-order valence-electron chi connectivity index (χ0n) is 32.7. The predicted octanol–water partition coefficient (Wildman–Crippen LogP) is 3.38. The van der Waals surface area contributed by atoms with E-state index in [1.54, 1.807) is 9.58 Å². The number of carbonyl (C=O) groups is 2. The van der Waals surface area contributed by atoms with E-state index < -0.39 is 0 Å². The number of hydrogen-bond acceptors (Lipinski definition) is 11. The van der Waals surface area contributed by atoms with Gasteiger partial charge in [-0.3, -0.25) is 4.79 Å². The van der Waals surface area contributed by atoms with E-state index in [0.29, 0.717) is 124 Å². The Kier molecular flexibility index (Phi) is 19.5. The summed E-state index contributed by atoms with van der Waals surface area (Å²) in [5, 5.41) is 11.3. The summed E-state index contributed by atoms with van der Waals surface area (Å²) in [4.78, 5) is 28.8. The molecule has 0 bridgehead atoms. The zero-order chi connectivity index (χ0) is 37.8. The number of nitrogens with zero attached hydrogens (tertiary/aromatic N) is 5. The summed E-state index contributed by atoms with van der Waals surface area (Å²) < 4.78 is 40.5. The molecule has 0 radical (unpaired) electrons. The number of ether oxygens (including phenoxy) is 7. The van der Waals surface area contributed by atoms with E-state index in [2.05, 4.69) is 63.8 Å². The lowest BCUT2D eigenvalue weighted by Gasteiger charge is -2.27. The molecule has 15 nitrogen and oxygen atoms in total. The third kappa shape index (κ3) is 16.6. The molecule has 3 amide bonds. The second kappa shape index (κ2) is 23.2. The Bertz CT molecular complexity index is 1190. The predicted molar refractivity (Wildman–Crippen MR) is 196 cm³/mol. The SMILES string of the molecule is C=C1CC(C(C)(C)C)C(=O)N1Cc1cn(CCOCCOCCOCCOCCOCCOCCOCCNC(=O)N2CCC(C(C)(C)C)C2)nn1. The molecular formula is C37H66N6O9. The van der Waals surface area contributed by atoms with Gasteiger partial charge in [0, 0.05) is 31.2 Å². The molecule has 0 aliphatic carbocycles. The minimum absolute atomic E-state index is 0.00671. The third-order valence-corrected chi connectivity index (χ3v) is 9.26. The van der Waals surface area contributed by atoms with Crippen molar-refractivity contribution in [1.82, 2.24) is 30.1 Å². The van der Waals surface area contributed by atoms with E-state index in [-0.39, 0.29) is 28.7 Å². The molecular weight excluding hydrogens is 672 g/mol. The van der Waals surface area contributed by atoms with Gasteiger partial charge < -0.3 is 48.3 Å². The number of rotatable bonds is 26. The van der Waals surface area contributed by atoms with Crippen LogP contribution in [0.4, 0.5) is 4.79 Å². The quantitative estimate of drug-likeness (QED) is 0.140. The van der Waals surface area contributed by atoms with Crippen LogP contribution in [-0.4, -0.2) is 149 Å². The van der Waals surface area contributed by atoms with Gasteiger partial charge in [0.05, 0.1) is 112 Å². The first-order valence-electron chi connectivity index (χ1n) is 18.8. The molecule has 1 aromatic rings. The monoisotopic (exact) mass is 738 g/mol. The maximum atomic E-state index is 12.9. The van der Waals surface area contributed by atoms with E-state index in [1.807, 2.05) is 11.1 Å². The molecule has 2 aliphatic heterocycles. The van der Waals surface area contributed by atoms with E-state index >= 15 is 0 Å². The summed E-state index contributed by atoms with van der Waals surface area (Å²) in [6.45, 7) is 26.8. The minimum atomic E-state index is -0.100. The van der Waals surface area contributed by atoms with Gasteiger partial charge in [0.1, 0.15) is 5.69 Å². The largest absolute Gasteiger partial charge is 0.377 e. The molecule has 3 heterocycles. The number of amides is 3. The average molecular weight is 739 g/mol. The molecule has 1 N–H and O–H groups in total. The highest BCUT2D eigenvalue weighted by atomic mass is 16.6. The van der Waals surface area contributed by atoms with Crippen LogP contribution in [0.3, 0.4) is 0 Å². The summed E-state index contributed by atoms with van der Waals surface area (Å²) in [6, 6.07) is -0.00671. The fourth-order valence-electron chi connectivity index (χ4n) is 5.90. The van der Waals surface area contributed by atoms with Crippen LogP contribution in [0.1, 0.15) is 60.1 Å². The lowest BCUT2D eigenvalue weighted by molar-refractivity contribution is -0.133. The van der Waals surface area contributed by atoms with Crippen molar-refractivity contribution in [3.8, 4) is 0 Å². The van der Waals surface area contributed by atoms with Crippen LogP contribution < -0.4 is 5.32 Å². The smallest absolute Gasteiger partial charge is 0.317 e. The maximum Gasteiger partial charge on any atom is 0.317 e. The van der Waals surface area contributed by atoms with E-state index in [9.17, 15) is 9.59 Å². The second-order valence-electron chi connectivity index (χ2n) is 15.4. The standard InChI is InChI=1S/C37H66N6O9/c1-30-26-33(37(5,6)7)34(44)43(30)29-32-28-42(40-39-32)11-13-47-15-17-49-19-21-51-23-25-52-24-22-50-20-18-48-16-14-46-12-9-38-35(45)41-10-8-31(27-41)36(2,3)4/h28,31,33H,1,8-27,29H2,2-7H3,(H,38,45). The highest BCUT2D eigenvalue weighted by Gasteiger charge is 2.41. The highest BCUT2D eigenvalue weighted by Crippen LogP contribution is 2.39. The molecule has 2 unspecified atom stereocenters. The van der Waals surface area contributed by atoms with Gasteiger partial charge in [-0.05, 0) is 29.6 Å². The van der Waals surface area contributed by atoms with Crippen LogP contribution in [0.2, 0.25) is 0 Å². The Hall–Kier alpha value is -2.66. The minimum Gasteiger partial charge on any atom is -0.377 e. The molecule has 2 fully saturated rings. The summed E-state index contributed by atoms with van der Waals surface area (Å²) in [7, 11) is 0. The second-order valence-corrected chi connectivity index (χ2v) is 15.4. The Morgan fingerprint density at radius 3 is 1.75 bits per heavy atom. The topological polar surface area (TPSA) is 148 Å². The number of likely N-dealkylation sites (tertiary alicyclic amines) is 2. The van der Waals surface area contributed by atoms with Crippen molar-refractivity contribution in [2.45, 2.75) is 67.5 Å². The molecule has 0 aromatic carbocycles. The Morgan fingerprint density at radius 1 is 0.788 bits per heavy atom. The van der Waals surface area contributed by atoms with Gasteiger partial charge in [-0.1, -0.05) is 53.3 Å². The van der Waals surface area contributed by atoms with Crippen LogP contribution in [0.15, 0.2) is 18.5 Å². The number of carbonyl (C=O) groups excluding carboxylic acids is 2. The molecule has 298 valence electrons. The van der Waals surface area contributed by atoms with Crippen LogP contribution in [0, 0.1) is 22.7 Å². The van der Waals surface area contributed by atoms with Gasteiger partial charge in [0.25, 0.3) is 0 Å².